The van der Waals surface area contributed by atoms with Crippen molar-refractivity contribution in [3.63, 3.8) is 0 Å². The topological polar surface area (TPSA) is 105 Å². The van der Waals surface area contributed by atoms with Crippen LogP contribution in [0.25, 0.3) is 0 Å². The lowest BCUT2D eigenvalue weighted by Crippen LogP contribution is -2.38. The summed E-state index contributed by atoms with van der Waals surface area (Å²) in [5, 5.41) is 5.10. The molecule has 2 N–H and O–H groups in total. The second kappa shape index (κ2) is 9.62. The van der Waals surface area contributed by atoms with Crippen LogP contribution in [0.15, 0.2) is 48.5 Å². The number of rotatable bonds is 6. The van der Waals surface area contributed by atoms with Crippen LogP contribution in [-0.4, -0.2) is 46.2 Å². The maximum atomic E-state index is 12.2. The van der Waals surface area contributed by atoms with Crippen molar-refractivity contribution in [2.75, 3.05) is 35.6 Å². The van der Waals surface area contributed by atoms with Gasteiger partial charge in [0.1, 0.15) is 5.75 Å². The third-order valence-corrected chi connectivity index (χ3v) is 6.71. The van der Waals surface area contributed by atoms with Crippen LogP contribution in [0, 0.1) is 0 Å². The number of sulfonamides is 1. The van der Waals surface area contributed by atoms with E-state index in [0.717, 1.165) is 17.7 Å². The molecule has 1 aliphatic heterocycles. The Morgan fingerprint density at radius 1 is 1.03 bits per heavy atom. The van der Waals surface area contributed by atoms with Gasteiger partial charge in [-0.15, -0.1) is 0 Å². The molecule has 160 valence electrons. The summed E-state index contributed by atoms with van der Waals surface area (Å²) >= 11 is 0. The highest BCUT2D eigenvalue weighted by Gasteiger charge is 2.25. The Bertz CT molecular complexity index is 1010. The number of amides is 2. The van der Waals surface area contributed by atoms with E-state index in [1.165, 1.54) is 4.31 Å². The first-order valence-corrected chi connectivity index (χ1v) is 11.3. The first-order valence-electron chi connectivity index (χ1n) is 9.72. The summed E-state index contributed by atoms with van der Waals surface area (Å²) in [7, 11) is -1.71. The van der Waals surface area contributed by atoms with Crippen molar-refractivity contribution in [2.45, 2.75) is 19.3 Å². The normalized spacial score (nSPS) is 15.3. The number of para-hydroxylation sites is 1. The molecule has 1 saturated heterocycles. The molecule has 0 radical (unpaired) electrons. The van der Waals surface area contributed by atoms with Crippen molar-refractivity contribution in [3.05, 3.63) is 54.1 Å². The van der Waals surface area contributed by atoms with E-state index >= 15 is 0 Å². The molecule has 2 aromatic rings. The Labute approximate surface area is 176 Å². The van der Waals surface area contributed by atoms with Gasteiger partial charge in [-0.2, -0.15) is 0 Å². The fraction of sp³-hybridized carbons (Fsp3) is 0.333. The lowest BCUT2D eigenvalue weighted by atomic mass is 10.1. The maximum absolute atomic E-state index is 12.2. The number of ether oxygens (including phenoxy) is 1. The van der Waals surface area contributed by atoms with Crippen molar-refractivity contribution in [3.8, 4) is 5.75 Å². The van der Waals surface area contributed by atoms with E-state index in [1.807, 2.05) is 24.3 Å². The van der Waals surface area contributed by atoms with E-state index in [9.17, 15) is 18.0 Å². The zero-order valence-electron chi connectivity index (χ0n) is 16.8. The lowest BCUT2D eigenvalue weighted by molar-refractivity contribution is -0.136. The van der Waals surface area contributed by atoms with E-state index in [-0.39, 0.29) is 5.75 Å². The van der Waals surface area contributed by atoms with Gasteiger partial charge in [0.05, 0.1) is 18.6 Å². The molecule has 0 atom stereocenters. The fourth-order valence-electron chi connectivity index (χ4n) is 3.28. The van der Waals surface area contributed by atoms with Gasteiger partial charge >= 0.3 is 11.8 Å². The van der Waals surface area contributed by atoms with Crippen LogP contribution in [0.3, 0.4) is 0 Å². The van der Waals surface area contributed by atoms with Gasteiger partial charge < -0.3 is 15.4 Å². The molecule has 30 heavy (non-hydrogen) atoms. The Morgan fingerprint density at radius 3 is 2.47 bits per heavy atom. The lowest BCUT2D eigenvalue weighted by Gasteiger charge is -2.28. The van der Waals surface area contributed by atoms with E-state index in [1.54, 1.807) is 31.4 Å². The van der Waals surface area contributed by atoms with Gasteiger partial charge in [0.15, 0.2) is 0 Å². The van der Waals surface area contributed by atoms with Crippen molar-refractivity contribution in [2.24, 2.45) is 0 Å². The summed E-state index contributed by atoms with van der Waals surface area (Å²) in [4.78, 5) is 24.2. The molecule has 3 rings (SSSR count). The Balaban J connectivity index is 1.52. The molecule has 0 bridgehead atoms. The number of hydrogen-bond donors (Lipinski definition) is 2. The number of nitrogens with zero attached hydrogens (tertiary/aromatic N) is 1. The molecule has 2 aromatic carbocycles. The summed E-state index contributed by atoms with van der Waals surface area (Å²) < 4.78 is 31.0. The summed E-state index contributed by atoms with van der Waals surface area (Å²) in [5.41, 5.74) is 1.90. The molecule has 0 aliphatic carbocycles. The zero-order valence-corrected chi connectivity index (χ0v) is 17.6. The quantitative estimate of drug-likeness (QED) is 0.680. The molecule has 0 unspecified atom stereocenters. The predicted octanol–water partition coefficient (Wildman–Crippen LogP) is 1.92. The number of methoxy groups -OCH3 is 1. The largest absolute Gasteiger partial charge is 0.496 e. The van der Waals surface area contributed by atoms with Crippen LogP contribution in [-0.2, 0) is 26.0 Å². The highest BCUT2D eigenvalue weighted by atomic mass is 32.2. The number of hydrogen-bond acceptors (Lipinski definition) is 5. The first kappa shape index (κ1) is 21.6. The van der Waals surface area contributed by atoms with Gasteiger partial charge in [-0.25, -0.2) is 8.42 Å². The van der Waals surface area contributed by atoms with Gasteiger partial charge in [-0.3, -0.25) is 13.9 Å². The van der Waals surface area contributed by atoms with Crippen LogP contribution in [0.5, 0.6) is 5.75 Å². The third kappa shape index (κ3) is 5.29. The van der Waals surface area contributed by atoms with Crippen molar-refractivity contribution in [1.29, 1.82) is 0 Å². The third-order valence-electron chi connectivity index (χ3n) is 4.84. The zero-order chi connectivity index (χ0) is 21.6. The second-order valence-corrected chi connectivity index (χ2v) is 8.93. The molecular weight excluding hydrogens is 406 g/mol. The van der Waals surface area contributed by atoms with Crippen LogP contribution in [0.1, 0.15) is 18.4 Å². The predicted molar refractivity (Wildman–Crippen MR) is 115 cm³/mol. The molecule has 8 nitrogen and oxygen atoms in total. The SMILES string of the molecule is COc1ccccc1CCNC(=O)C(=O)Nc1ccc(N2CCCCS2(=O)=O)cc1. The molecule has 0 saturated carbocycles. The second-order valence-electron chi connectivity index (χ2n) is 6.91. The van der Waals surface area contributed by atoms with E-state index in [4.69, 9.17) is 4.74 Å². The monoisotopic (exact) mass is 431 g/mol. The van der Waals surface area contributed by atoms with Crippen LogP contribution >= 0.6 is 0 Å². The van der Waals surface area contributed by atoms with Gasteiger partial charge in [-0.1, -0.05) is 18.2 Å². The molecule has 0 aromatic heterocycles. The van der Waals surface area contributed by atoms with Crippen molar-refractivity contribution >= 4 is 33.2 Å². The molecule has 1 aliphatic rings. The molecule has 2 amide bonds. The molecule has 1 heterocycles. The van der Waals surface area contributed by atoms with Crippen molar-refractivity contribution < 1.29 is 22.7 Å². The summed E-state index contributed by atoms with van der Waals surface area (Å²) in [6, 6.07) is 13.9. The number of benzene rings is 2. The minimum absolute atomic E-state index is 0.139. The molecule has 9 heteroatoms. The van der Waals surface area contributed by atoms with Gasteiger partial charge in [0, 0.05) is 18.8 Å². The van der Waals surface area contributed by atoms with Gasteiger partial charge in [0.2, 0.25) is 10.0 Å². The van der Waals surface area contributed by atoms with E-state index < -0.39 is 21.8 Å². The van der Waals surface area contributed by atoms with E-state index in [0.29, 0.717) is 37.3 Å². The highest BCUT2D eigenvalue weighted by Crippen LogP contribution is 2.25. The Morgan fingerprint density at radius 2 is 1.77 bits per heavy atom. The van der Waals surface area contributed by atoms with Crippen LogP contribution in [0.4, 0.5) is 11.4 Å². The summed E-state index contributed by atoms with van der Waals surface area (Å²) in [6.07, 6.45) is 2.01. The van der Waals surface area contributed by atoms with E-state index in [2.05, 4.69) is 10.6 Å². The minimum atomic E-state index is -3.29. The maximum Gasteiger partial charge on any atom is 0.313 e. The van der Waals surface area contributed by atoms with Crippen LogP contribution < -0.4 is 19.7 Å². The minimum Gasteiger partial charge on any atom is -0.496 e. The average molecular weight is 432 g/mol. The standard InChI is InChI=1S/C21H25N3O5S/c1-29-19-7-3-2-6-16(19)12-13-22-20(25)21(26)23-17-8-10-18(11-9-17)24-14-4-5-15-30(24,27)28/h2-3,6-11H,4-5,12-15H2,1H3,(H,22,25)(H,23,26). The first-order chi connectivity index (χ1) is 14.4. The average Bonchev–Trinajstić information content (AvgIpc) is 2.74. The highest BCUT2D eigenvalue weighted by molar-refractivity contribution is 7.92. The van der Waals surface area contributed by atoms with Crippen LogP contribution in [0.2, 0.25) is 0 Å². The van der Waals surface area contributed by atoms with Gasteiger partial charge in [0.25, 0.3) is 0 Å². The summed E-state index contributed by atoms with van der Waals surface area (Å²) in [6.45, 7) is 0.737. The molecular formula is C21H25N3O5S. The Hall–Kier alpha value is -3.07. The number of anilines is 2. The van der Waals surface area contributed by atoms with Crippen molar-refractivity contribution in [1.82, 2.24) is 5.32 Å². The number of nitrogens with one attached hydrogen (secondary N) is 2. The smallest absolute Gasteiger partial charge is 0.313 e. The summed E-state index contributed by atoms with van der Waals surface area (Å²) in [5.74, 6) is -0.659. The fourth-order valence-corrected chi connectivity index (χ4v) is 4.92. The molecule has 1 fully saturated rings. The number of carbonyl (C=O) groups excluding carboxylic acids is 2. The Kier molecular flexibility index (Phi) is 6.94. The molecule has 0 spiro atoms. The van der Waals surface area contributed by atoms with Gasteiger partial charge in [-0.05, 0) is 55.2 Å². The number of carbonyl (C=O) groups is 2.